The molecule has 2 nitrogen and oxygen atoms in total. The molecule has 0 fully saturated rings. The second kappa shape index (κ2) is 9.63. The van der Waals surface area contributed by atoms with E-state index < -0.39 is 0 Å². The van der Waals surface area contributed by atoms with Crippen LogP contribution in [0.1, 0.15) is 33.6 Å². The maximum absolute atomic E-state index is 10.0. The Morgan fingerprint density at radius 1 is 1.18 bits per heavy atom. The first-order chi connectivity index (χ1) is 5.04. The van der Waals surface area contributed by atoms with Crippen LogP contribution in [0.25, 0.3) is 0 Å². The maximum Gasteiger partial charge on any atom is 0.144 e. The number of hydrogen-bond acceptors (Lipinski definition) is 2. The van der Waals surface area contributed by atoms with E-state index in [1.807, 2.05) is 6.92 Å². The van der Waals surface area contributed by atoms with Crippen molar-refractivity contribution in [2.24, 2.45) is 0 Å². The van der Waals surface area contributed by atoms with Gasteiger partial charge in [0.2, 0.25) is 0 Å². The Labute approximate surface area is 72.9 Å². The molecule has 11 heavy (non-hydrogen) atoms. The van der Waals surface area contributed by atoms with Gasteiger partial charge in [-0.25, -0.2) is 0 Å². The Bertz CT molecular complexity index is 121. The molecule has 0 radical (unpaired) electrons. The number of rotatable bonds is 3. The Hall–Kier alpha value is -0.370. The minimum Gasteiger partial charge on any atom is -0.300 e. The van der Waals surface area contributed by atoms with Crippen molar-refractivity contribution >= 4 is 23.2 Å². The average molecular weight is 179 g/mol. The third-order valence-corrected chi connectivity index (χ3v) is 1.17. The van der Waals surface area contributed by atoms with Crippen LogP contribution in [-0.2, 0) is 9.59 Å². The van der Waals surface area contributed by atoms with Crippen LogP contribution in [0.2, 0.25) is 0 Å². The van der Waals surface area contributed by atoms with E-state index in [-0.39, 0.29) is 17.4 Å². The minimum absolute atomic E-state index is 0.0201. The van der Waals surface area contributed by atoms with Gasteiger partial charge in [0, 0.05) is 6.42 Å². The van der Waals surface area contributed by atoms with Gasteiger partial charge in [-0.1, -0.05) is 6.92 Å². The molecule has 0 amide bonds. The molecule has 0 aliphatic rings. The van der Waals surface area contributed by atoms with Gasteiger partial charge in [0.25, 0.3) is 0 Å². The number of ketones is 2. The Balaban J connectivity index is 0. The van der Waals surface area contributed by atoms with E-state index in [0.717, 1.165) is 12.8 Å². The summed E-state index contributed by atoms with van der Waals surface area (Å²) in [6.07, 6.45) is 1.72. The zero-order valence-electron chi connectivity index (χ0n) is 7.32. The van der Waals surface area contributed by atoms with Crippen LogP contribution in [-0.4, -0.2) is 17.4 Å². The first kappa shape index (κ1) is 13.2. The normalized spacial score (nSPS) is 8.00. The van der Waals surface area contributed by atoms with Crippen molar-refractivity contribution in [1.29, 1.82) is 0 Å². The minimum atomic E-state index is 0.0201. The van der Waals surface area contributed by atoms with Crippen molar-refractivity contribution in [2.45, 2.75) is 33.6 Å². The predicted molar refractivity (Wildman–Crippen MR) is 47.0 cm³/mol. The zero-order chi connectivity index (χ0) is 9.28. The van der Waals surface area contributed by atoms with Crippen LogP contribution in [0.3, 0.4) is 0 Å². The van der Waals surface area contributed by atoms with E-state index in [0.29, 0.717) is 0 Å². The van der Waals surface area contributed by atoms with Crippen LogP contribution in [0, 0.1) is 0 Å². The highest BCUT2D eigenvalue weighted by atomic mass is 35.5. The van der Waals surface area contributed by atoms with E-state index >= 15 is 0 Å². The van der Waals surface area contributed by atoms with Crippen LogP contribution in [0.15, 0.2) is 0 Å². The first-order valence-corrected chi connectivity index (χ1v) is 4.12. The van der Waals surface area contributed by atoms with Crippen molar-refractivity contribution in [3.8, 4) is 0 Å². The average Bonchev–Trinajstić information content (AvgIpc) is 1.89. The summed E-state index contributed by atoms with van der Waals surface area (Å²) in [6, 6.07) is 0. The molecule has 0 heterocycles. The molecule has 0 rings (SSSR count). The molecule has 0 atom stereocenters. The van der Waals surface area contributed by atoms with E-state index in [1.54, 1.807) is 6.92 Å². The highest BCUT2D eigenvalue weighted by molar-refractivity contribution is 6.27. The highest BCUT2D eigenvalue weighted by Gasteiger charge is 1.83. The fourth-order valence-electron chi connectivity index (χ4n) is 0.352. The van der Waals surface area contributed by atoms with Gasteiger partial charge in [0.15, 0.2) is 0 Å². The monoisotopic (exact) mass is 178 g/mol. The molecular weight excluding hydrogens is 164 g/mol. The molecule has 66 valence electrons. The topological polar surface area (TPSA) is 34.1 Å². The summed E-state index contributed by atoms with van der Waals surface area (Å²) in [6.45, 7) is 5.07. The lowest BCUT2D eigenvalue weighted by Crippen LogP contribution is -1.86. The van der Waals surface area contributed by atoms with Gasteiger partial charge in [0.05, 0.1) is 5.88 Å². The predicted octanol–water partition coefficient (Wildman–Crippen LogP) is 2.19. The molecule has 0 spiro atoms. The molecule has 0 aromatic rings. The molecule has 0 aromatic carbocycles. The van der Waals surface area contributed by atoms with E-state index in [1.165, 1.54) is 6.92 Å². The molecule has 0 bridgehead atoms. The van der Waals surface area contributed by atoms with Crippen molar-refractivity contribution in [1.82, 2.24) is 0 Å². The summed E-state index contributed by atoms with van der Waals surface area (Å²) < 4.78 is 0. The van der Waals surface area contributed by atoms with Gasteiger partial charge >= 0.3 is 0 Å². The molecule has 0 unspecified atom stereocenters. The fourth-order valence-corrected chi connectivity index (χ4v) is 0.352. The Kier molecular flexibility index (Phi) is 11.6. The summed E-state index contributed by atoms with van der Waals surface area (Å²) in [5.41, 5.74) is 0. The third-order valence-electron chi connectivity index (χ3n) is 0.790. The molecule has 0 aliphatic heterocycles. The van der Waals surface area contributed by atoms with Gasteiger partial charge in [-0.3, -0.25) is 4.79 Å². The van der Waals surface area contributed by atoms with E-state index in [2.05, 4.69) is 0 Å². The van der Waals surface area contributed by atoms with E-state index in [9.17, 15) is 9.59 Å². The second-order valence-corrected chi connectivity index (χ2v) is 2.55. The SMILES string of the molecule is CC(=O)CCl.CCCC(C)=O. The number of carbonyl (C=O) groups is 2. The summed E-state index contributed by atoms with van der Waals surface area (Å²) in [7, 11) is 0. The molecule has 0 aliphatic carbocycles. The number of carbonyl (C=O) groups excluding carboxylic acids is 2. The van der Waals surface area contributed by atoms with Gasteiger partial charge < -0.3 is 4.79 Å². The summed E-state index contributed by atoms with van der Waals surface area (Å²) in [5, 5.41) is 0. The van der Waals surface area contributed by atoms with Crippen molar-refractivity contribution < 1.29 is 9.59 Å². The lowest BCUT2D eigenvalue weighted by atomic mass is 10.3. The standard InChI is InChI=1S/C5H10O.C3H5ClO/c1-3-4-5(2)6;1-3(5)2-4/h3-4H2,1-2H3;2H2,1H3. The summed E-state index contributed by atoms with van der Waals surface area (Å²) in [4.78, 5) is 19.7. The number of hydrogen-bond donors (Lipinski definition) is 0. The molecule has 0 saturated carbocycles. The second-order valence-electron chi connectivity index (χ2n) is 2.29. The highest BCUT2D eigenvalue weighted by Crippen LogP contribution is 1.84. The number of Topliss-reactive ketones (excluding diaryl/α,β-unsaturated/α-hetero) is 2. The fraction of sp³-hybridized carbons (Fsp3) is 0.750. The van der Waals surface area contributed by atoms with Crippen LogP contribution >= 0.6 is 11.6 Å². The van der Waals surface area contributed by atoms with Crippen molar-refractivity contribution in [3.63, 3.8) is 0 Å². The quantitative estimate of drug-likeness (QED) is 0.621. The van der Waals surface area contributed by atoms with Crippen molar-refractivity contribution in [2.75, 3.05) is 5.88 Å². The summed E-state index contributed by atoms with van der Waals surface area (Å²) in [5.74, 6) is 0.448. The molecular formula is C8H15ClO2. The van der Waals surface area contributed by atoms with Crippen molar-refractivity contribution in [3.05, 3.63) is 0 Å². The van der Waals surface area contributed by atoms with Crippen LogP contribution in [0.5, 0.6) is 0 Å². The van der Waals surface area contributed by atoms with Gasteiger partial charge in [-0.05, 0) is 20.3 Å². The molecule has 0 saturated heterocycles. The number of halogens is 1. The lowest BCUT2D eigenvalue weighted by molar-refractivity contribution is -0.117. The van der Waals surface area contributed by atoms with Gasteiger partial charge in [0.1, 0.15) is 11.6 Å². The largest absolute Gasteiger partial charge is 0.300 e. The maximum atomic E-state index is 10.0. The lowest BCUT2D eigenvalue weighted by Gasteiger charge is -1.80. The third kappa shape index (κ3) is 26.2. The molecule has 0 aromatic heterocycles. The van der Waals surface area contributed by atoms with Crippen LogP contribution < -0.4 is 0 Å². The molecule has 0 N–H and O–H groups in total. The van der Waals surface area contributed by atoms with Crippen LogP contribution in [0.4, 0.5) is 0 Å². The Morgan fingerprint density at radius 3 is 1.55 bits per heavy atom. The number of alkyl halides is 1. The summed E-state index contributed by atoms with van der Waals surface area (Å²) >= 11 is 4.99. The Morgan fingerprint density at radius 2 is 1.55 bits per heavy atom. The zero-order valence-corrected chi connectivity index (χ0v) is 8.07. The van der Waals surface area contributed by atoms with Gasteiger partial charge in [-0.15, -0.1) is 11.6 Å². The van der Waals surface area contributed by atoms with Gasteiger partial charge in [-0.2, -0.15) is 0 Å². The first-order valence-electron chi connectivity index (χ1n) is 3.59. The smallest absolute Gasteiger partial charge is 0.144 e. The molecule has 3 heteroatoms. The van der Waals surface area contributed by atoms with E-state index in [4.69, 9.17) is 11.6 Å².